The second-order valence-electron chi connectivity index (χ2n) is 2.24. The van der Waals surface area contributed by atoms with Gasteiger partial charge in [0.25, 0.3) is 0 Å². The van der Waals surface area contributed by atoms with Gasteiger partial charge in [-0.1, -0.05) is 21.1 Å². The van der Waals surface area contributed by atoms with E-state index in [9.17, 15) is 5.11 Å². The van der Waals surface area contributed by atoms with Gasteiger partial charge in [-0.3, -0.25) is 0 Å². The highest BCUT2D eigenvalue weighted by atomic mass is 79.9. The van der Waals surface area contributed by atoms with Crippen LogP contribution in [-0.4, -0.2) is 18.4 Å². The number of nitrogens with zero attached hydrogens (tertiary/aromatic N) is 1. The Kier molecular flexibility index (Phi) is 3.74. The molecule has 13 heavy (non-hydrogen) atoms. The Hall–Kier alpha value is -0.550. The summed E-state index contributed by atoms with van der Waals surface area (Å²) in [6.07, 6.45) is 1.44. The molecule has 0 unspecified atom stereocenters. The smallest absolute Gasteiger partial charge is 0.138 e. The van der Waals surface area contributed by atoms with E-state index in [0.29, 0.717) is 10.0 Å². The molecule has 0 saturated heterocycles. The number of hydrogen-bond acceptors (Lipinski definition) is 3. The van der Waals surface area contributed by atoms with Crippen molar-refractivity contribution in [1.82, 2.24) is 0 Å². The van der Waals surface area contributed by atoms with Gasteiger partial charge in [0.2, 0.25) is 0 Å². The maximum Gasteiger partial charge on any atom is 0.138 e. The molecule has 3 nitrogen and oxygen atoms in total. The second kappa shape index (κ2) is 4.62. The molecule has 0 amide bonds. The van der Waals surface area contributed by atoms with Crippen LogP contribution in [0.25, 0.3) is 0 Å². The minimum absolute atomic E-state index is 0.143. The molecule has 0 aliphatic rings. The van der Waals surface area contributed by atoms with Gasteiger partial charge in [0, 0.05) is 10.0 Å². The number of rotatable bonds is 2. The van der Waals surface area contributed by atoms with Crippen molar-refractivity contribution in [2.45, 2.75) is 0 Å². The van der Waals surface area contributed by atoms with E-state index in [2.05, 4.69) is 41.9 Å². The number of benzene rings is 1. The zero-order valence-corrected chi connectivity index (χ0v) is 9.96. The van der Waals surface area contributed by atoms with Crippen molar-refractivity contribution in [3.05, 3.63) is 26.6 Å². The molecule has 1 rings (SSSR count). The van der Waals surface area contributed by atoms with E-state index in [0.717, 1.165) is 4.47 Å². The Labute approximate surface area is 92.7 Å². The summed E-state index contributed by atoms with van der Waals surface area (Å²) in [4.78, 5) is 4.51. The first-order valence-corrected chi connectivity index (χ1v) is 4.98. The number of oxime groups is 1. The van der Waals surface area contributed by atoms with E-state index in [-0.39, 0.29) is 5.75 Å². The van der Waals surface area contributed by atoms with Crippen LogP contribution in [0, 0.1) is 0 Å². The molecular weight excluding hydrogens is 302 g/mol. The topological polar surface area (TPSA) is 41.8 Å². The molecule has 70 valence electrons. The molecule has 0 fully saturated rings. The maximum absolute atomic E-state index is 9.53. The Bertz CT molecular complexity index is 339. The van der Waals surface area contributed by atoms with Crippen LogP contribution in [0.5, 0.6) is 5.75 Å². The average Bonchev–Trinajstić information content (AvgIpc) is 2.09. The van der Waals surface area contributed by atoms with Crippen LogP contribution in [0.1, 0.15) is 5.56 Å². The Morgan fingerprint density at radius 3 is 2.77 bits per heavy atom. The molecule has 1 aromatic rings. The van der Waals surface area contributed by atoms with Crippen LogP contribution < -0.4 is 0 Å². The largest absolute Gasteiger partial charge is 0.506 e. The fourth-order valence-electron chi connectivity index (χ4n) is 0.794. The monoisotopic (exact) mass is 307 g/mol. The minimum atomic E-state index is 0.143. The molecule has 0 spiro atoms. The standard InChI is InChI=1S/C8H7Br2NO2/c1-13-11-4-5-2-6(9)3-7(10)8(5)12/h2-4,12H,1H3/b11-4+. The van der Waals surface area contributed by atoms with E-state index < -0.39 is 0 Å². The summed E-state index contributed by atoms with van der Waals surface area (Å²) in [5.41, 5.74) is 0.586. The molecule has 0 atom stereocenters. The van der Waals surface area contributed by atoms with Gasteiger partial charge < -0.3 is 9.94 Å². The van der Waals surface area contributed by atoms with Gasteiger partial charge in [0.15, 0.2) is 0 Å². The van der Waals surface area contributed by atoms with Crippen molar-refractivity contribution in [1.29, 1.82) is 0 Å². The molecular formula is C8H7Br2NO2. The summed E-state index contributed by atoms with van der Waals surface area (Å²) >= 11 is 6.50. The zero-order chi connectivity index (χ0) is 9.84. The lowest BCUT2D eigenvalue weighted by molar-refractivity contribution is 0.215. The average molecular weight is 309 g/mol. The fraction of sp³-hybridized carbons (Fsp3) is 0.125. The SMILES string of the molecule is CO/N=C/c1cc(Br)cc(Br)c1O. The molecule has 1 aromatic carbocycles. The van der Waals surface area contributed by atoms with Crippen molar-refractivity contribution in [2.24, 2.45) is 5.16 Å². The molecule has 0 aromatic heterocycles. The number of hydrogen-bond donors (Lipinski definition) is 1. The Balaban J connectivity index is 3.12. The summed E-state index contributed by atoms with van der Waals surface area (Å²) in [6.45, 7) is 0. The van der Waals surface area contributed by atoms with Gasteiger partial charge in [-0.15, -0.1) is 0 Å². The molecule has 0 aliphatic heterocycles. The predicted octanol–water partition coefficient (Wildman–Crippen LogP) is 2.90. The summed E-state index contributed by atoms with van der Waals surface area (Å²) in [5, 5.41) is 13.1. The van der Waals surface area contributed by atoms with Gasteiger partial charge in [0.05, 0.1) is 10.7 Å². The molecule has 5 heteroatoms. The third-order valence-corrected chi connectivity index (χ3v) is 2.42. The van der Waals surface area contributed by atoms with Gasteiger partial charge in [0.1, 0.15) is 12.9 Å². The van der Waals surface area contributed by atoms with E-state index in [1.54, 1.807) is 12.1 Å². The lowest BCUT2D eigenvalue weighted by Gasteiger charge is -2.01. The van der Waals surface area contributed by atoms with Crippen molar-refractivity contribution in [2.75, 3.05) is 7.11 Å². The van der Waals surface area contributed by atoms with E-state index in [1.807, 2.05) is 0 Å². The molecule has 0 saturated carbocycles. The van der Waals surface area contributed by atoms with Gasteiger partial charge in [-0.2, -0.15) is 0 Å². The first-order valence-electron chi connectivity index (χ1n) is 3.39. The summed E-state index contributed by atoms with van der Waals surface area (Å²) in [6, 6.07) is 3.49. The minimum Gasteiger partial charge on any atom is -0.506 e. The maximum atomic E-state index is 9.53. The van der Waals surface area contributed by atoms with Crippen molar-refractivity contribution >= 4 is 38.1 Å². The van der Waals surface area contributed by atoms with Crippen molar-refractivity contribution in [3.8, 4) is 5.75 Å². The van der Waals surface area contributed by atoms with Crippen LogP contribution in [-0.2, 0) is 4.84 Å². The number of phenolic OH excluding ortho intramolecular Hbond substituents is 1. The van der Waals surface area contributed by atoms with E-state index in [4.69, 9.17) is 0 Å². The summed E-state index contributed by atoms with van der Waals surface area (Å²) < 4.78 is 1.47. The lowest BCUT2D eigenvalue weighted by Crippen LogP contribution is -1.85. The van der Waals surface area contributed by atoms with Crippen LogP contribution >= 0.6 is 31.9 Å². The van der Waals surface area contributed by atoms with Gasteiger partial charge >= 0.3 is 0 Å². The van der Waals surface area contributed by atoms with Crippen LogP contribution in [0.15, 0.2) is 26.2 Å². The molecule has 0 bridgehead atoms. The summed E-state index contributed by atoms with van der Waals surface area (Å²) in [7, 11) is 1.45. The van der Waals surface area contributed by atoms with Crippen LogP contribution in [0.2, 0.25) is 0 Å². The Morgan fingerprint density at radius 2 is 2.15 bits per heavy atom. The zero-order valence-electron chi connectivity index (χ0n) is 6.79. The third-order valence-electron chi connectivity index (χ3n) is 1.35. The lowest BCUT2D eigenvalue weighted by atomic mass is 10.2. The first-order chi connectivity index (χ1) is 6.15. The summed E-state index contributed by atoms with van der Waals surface area (Å²) in [5.74, 6) is 0.143. The second-order valence-corrected chi connectivity index (χ2v) is 4.01. The number of halogens is 2. The normalized spacial score (nSPS) is 10.7. The molecule has 0 heterocycles. The third kappa shape index (κ3) is 2.70. The molecule has 1 N–H and O–H groups in total. The number of phenols is 1. The first kappa shape index (κ1) is 10.5. The predicted molar refractivity (Wildman–Crippen MR) is 58.1 cm³/mol. The highest BCUT2D eigenvalue weighted by molar-refractivity contribution is 9.11. The van der Waals surface area contributed by atoms with Gasteiger partial charge in [-0.05, 0) is 28.1 Å². The highest BCUT2D eigenvalue weighted by Gasteiger charge is 2.04. The molecule has 0 radical (unpaired) electrons. The van der Waals surface area contributed by atoms with Gasteiger partial charge in [-0.25, -0.2) is 0 Å². The fourth-order valence-corrected chi connectivity index (χ4v) is 2.05. The van der Waals surface area contributed by atoms with Crippen LogP contribution in [0.3, 0.4) is 0 Å². The van der Waals surface area contributed by atoms with Crippen molar-refractivity contribution in [3.63, 3.8) is 0 Å². The quantitative estimate of drug-likeness (QED) is 0.674. The Morgan fingerprint density at radius 1 is 1.46 bits per heavy atom. The van der Waals surface area contributed by atoms with E-state index >= 15 is 0 Å². The highest BCUT2D eigenvalue weighted by Crippen LogP contribution is 2.30. The number of aromatic hydroxyl groups is 1. The molecule has 0 aliphatic carbocycles. The van der Waals surface area contributed by atoms with Crippen molar-refractivity contribution < 1.29 is 9.94 Å². The van der Waals surface area contributed by atoms with Crippen LogP contribution in [0.4, 0.5) is 0 Å². The van der Waals surface area contributed by atoms with E-state index in [1.165, 1.54) is 13.3 Å².